The fourth-order valence-corrected chi connectivity index (χ4v) is 4.89. The average molecular weight is 525 g/mol. The van der Waals surface area contributed by atoms with E-state index in [4.69, 9.17) is 14.7 Å². The number of benzene rings is 1. The number of thiazole rings is 1. The Morgan fingerprint density at radius 3 is 2.57 bits per heavy atom. The predicted octanol–water partition coefficient (Wildman–Crippen LogP) is 6.38. The molecule has 2 atom stereocenters. The standard InChI is InChI=1S/C28H40N6O2S/c1-18(27(2,3)4)29-16-19-14-23(30-20-12-13-34(17-20)26(35)36-28(5,6)7)32-24(15-19)33-25-31-21-10-8-9-11-22(21)37-25/h8-11,14-15,18,20,29H,12-13,16-17H2,1-7H3,(H2,30,31,32,33)/t18-,20-/m0/s1. The summed E-state index contributed by atoms with van der Waals surface area (Å²) in [4.78, 5) is 23.8. The van der Waals surface area contributed by atoms with Crippen molar-refractivity contribution < 1.29 is 9.53 Å². The van der Waals surface area contributed by atoms with Gasteiger partial charge in [0.2, 0.25) is 0 Å². The Hall–Kier alpha value is -2.91. The van der Waals surface area contributed by atoms with Gasteiger partial charge in [0.05, 0.1) is 10.2 Å². The number of hydrogen-bond acceptors (Lipinski definition) is 8. The van der Waals surface area contributed by atoms with E-state index in [1.54, 1.807) is 16.2 Å². The van der Waals surface area contributed by atoms with E-state index in [0.29, 0.717) is 19.1 Å². The Bertz CT molecular complexity index is 1200. The molecule has 0 radical (unpaired) electrons. The molecule has 4 rings (SSSR count). The molecule has 1 aromatic carbocycles. The van der Waals surface area contributed by atoms with Crippen LogP contribution in [-0.2, 0) is 11.3 Å². The summed E-state index contributed by atoms with van der Waals surface area (Å²) in [6.45, 7) is 16.6. The van der Waals surface area contributed by atoms with Gasteiger partial charge in [-0.1, -0.05) is 44.2 Å². The number of nitrogens with zero attached hydrogens (tertiary/aromatic N) is 3. The van der Waals surface area contributed by atoms with Crippen molar-refractivity contribution in [2.75, 3.05) is 23.7 Å². The lowest BCUT2D eigenvalue weighted by Gasteiger charge is -2.28. The molecule has 1 fully saturated rings. The van der Waals surface area contributed by atoms with Crippen molar-refractivity contribution in [3.63, 3.8) is 0 Å². The second kappa shape index (κ2) is 10.8. The number of amides is 1. The highest BCUT2D eigenvalue weighted by Crippen LogP contribution is 2.29. The zero-order valence-electron chi connectivity index (χ0n) is 23.0. The van der Waals surface area contributed by atoms with Crippen LogP contribution in [0.1, 0.15) is 60.5 Å². The van der Waals surface area contributed by atoms with E-state index in [0.717, 1.165) is 45.5 Å². The summed E-state index contributed by atoms with van der Waals surface area (Å²) in [5.41, 5.74) is 1.75. The second-order valence-electron chi connectivity index (χ2n) is 11.9. The van der Waals surface area contributed by atoms with Crippen LogP contribution in [0, 0.1) is 5.41 Å². The first-order chi connectivity index (χ1) is 17.4. The van der Waals surface area contributed by atoms with E-state index in [1.165, 1.54) is 0 Å². The van der Waals surface area contributed by atoms with Crippen molar-refractivity contribution in [3.8, 4) is 0 Å². The number of fused-ring (bicyclic) bond motifs is 1. The van der Waals surface area contributed by atoms with Crippen molar-refractivity contribution in [1.29, 1.82) is 0 Å². The van der Waals surface area contributed by atoms with Gasteiger partial charge >= 0.3 is 6.09 Å². The summed E-state index contributed by atoms with van der Waals surface area (Å²) in [5.74, 6) is 1.52. The fraction of sp³-hybridized carbons (Fsp3) is 0.536. The van der Waals surface area contributed by atoms with Gasteiger partial charge in [0, 0.05) is 31.7 Å². The van der Waals surface area contributed by atoms with Gasteiger partial charge in [-0.2, -0.15) is 0 Å². The van der Waals surface area contributed by atoms with Gasteiger partial charge in [0.15, 0.2) is 5.13 Å². The quantitative estimate of drug-likeness (QED) is 0.330. The maximum atomic E-state index is 12.5. The third-order valence-electron chi connectivity index (χ3n) is 6.52. The maximum absolute atomic E-state index is 12.5. The van der Waals surface area contributed by atoms with Crippen LogP contribution < -0.4 is 16.0 Å². The molecule has 2 aromatic heterocycles. The van der Waals surface area contributed by atoms with Crippen LogP contribution in [0.4, 0.5) is 21.6 Å². The van der Waals surface area contributed by atoms with E-state index in [9.17, 15) is 4.79 Å². The minimum atomic E-state index is -0.503. The Balaban J connectivity index is 1.50. The largest absolute Gasteiger partial charge is 0.444 e. The molecule has 0 aliphatic carbocycles. The van der Waals surface area contributed by atoms with E-state index in [2.05, 4.69) is 61.8 Å². The highest BCUT2D eigenvalue weighted by molar-refractivity contribution is 7.22. The number of carbonyl (C=O) groups is 1. The number of para-hydroxylation sites is 1. The number of anilines is 3. The topological polar surface area (TPSA) is 91.4 Å². The highest BCUT2D eigenvalue weighted by Gasteiger charge is 2.30. The average Bonchev–Trinajstić information content (AvgIpc) is 3.42. The predicted molar refractivity (Wildman–Crippen MR) is 153 cm³/mol. The zero-order chi connectivity index (χ0) is 26.8. The van der Waals surface area contributed by atoms with Crippen molar-refractivity contribution in [1.82, 2.24) is 20.2 Å². The summed E-state index contributed by atoms with van der Waals surface area (Å²) in [7, 11) is 0. The molecule has 1 saturated heterocycles. The fourth-order valence-electron chi connectivity index (χ4n) is 4.02. The van der Waals surface area contributed by atoms with Crippen LogP contribution in [0.2, 0.25) is 0 Å². The molecule has 3 aromatic rings. The van der Waals surface area contributed by atoms with Crippen LogP contribution >= 0.6 is 11.3 Å². The molecule has 200 valence electrons. The Labute approximate surface area is 224 Å². The van der Waals surface area contributed by atoms with Gasteiger partial charge < -0.3 is 25.6 Å². The molecule has 1 aliphatic rings. The molecule has 0 saturated carbocycles. The number of rotatable bonds is 7. The molecule has 3 N–H and O–H groups in total. The number of aromatic nitrogens is 2. The van der Waals surface area contributed by atoms with E-state index in [-0.39, 0.29) is 17.6 Å². The number of nitrogens with one attached hydrogen (secondary N) is 3. The Kier molecular flexibility index (Phi) is 7.94. The van der Waals surface area contributed by atoms with Crippen LogP contribution in [0.25, 0.3) is 10.2 Å². The first kappa shape index (κ1) is 27.1. The monoisotopic (exact) mass is 524 g/mol. The van der Waals surface area contributed by atoms with Gasteiger partial charge in [-0.25, -0.2) is 14.8 Å². The number of pyridine rings is 1. The molecule has 1 amide bonds. The second-order valence-corrected chi connectivity index (χ2v) is 12.9. The van der Waals surface area contributed by atoms with Crippen LogP contribution in [-0.4, -0.2) is 51.7 Å². The summed E-state index contributed by atoms with van der Waals surface area (Å²) in [6, 6.07) is 12.7. The Morgan fingerprint density at radius 1 is 1.14 bits per heavy atom. The van der Waals surface area contributed by atoms with Gasteiger partial charge in [0.1, 0.15) is 17.2 Å². The third kappa shape index (κ3) is 7.55. The van der Waals surface area contributed by atoms with Crippen molar-refractivity contribution in [3.05, 3.63) is 42.0 Å². The van der Waals surface area contributed by atoms with Crippen molar-refractivity contribution >= 4 is 44.4 Å². The Morgan fingerprint density at radius 2 is 1.86 bits per heavy atom. The van der Waals surface area contributed by atoms with Crippen molar-refractivity contribution in [2.24, 2.45) is 5.41 Å². The molecule has 8 nitrogen and oxygen atoms in total. The lowest BCUT2D eigenvalue weighted by atomic mass is 9.88. The molecule has 37 heavy (non-hydrogen) atoms. The molecule has 9 heteroatoms. The normalized spacial score (nSPS) is 17.2. The molecular formula is C28H40N6O2S. The van der Waals surface area contributed by atoms with Gasteiger partial charge in [-0.3, -0.25) is 0 Å². The third-order valence-corrected chi connectivity index (χ3v) is 7.47. The summed E-state index contributed by atoms with van der Waals surface area (Å²) < 4.78 is 6.68. The number of likely N-dealkylation sites (tertiary alicyclic amines) is 1. The lowest BCUT2D eigenvalue weighted by Crippen LogP contribution is -2.37. The smallest absolute Gasteiger partial charge is 0.410 e. The van der Waals surface area contributed by atoms with E-state index >= 15 is 0 Å². The van der Waals surface area contributed by atoms with E-state index in [1.807, 2.05) is 39.0 Å². The summed E-state index contributed by atoms with van der Waals surface area (Å²) in [6.07, 6.45) is 0.572. The van der Waals surface area contributed by atoms with Gasteiger partial charge in [-0.15, -0.1) is 0 Å². The highest BCUT2D eigenvalue weighted by atomic mass is 32.1. The summed E-state index contributed by atoms with van der Waals surface area (Å²) in [5, 5.41) is 11.4. The number of carbonyl (C=O) groups excluding carboxylic acids is 1. The maximum Gasteiger partial charge on any atom is 0.410 e. The van der Waals surface area contributed by atoms with Crippen LogP contribution in [0.15, 0.2) is 36.4 Å². The van der Waals surface area contributed by atoms with Gasteiger partial charge in [0.25, 0.3) is 0 Å². The van der Waals surface area contributed by atoms with Crippen LogP contribution in [0.5, 0.6) is 0 Å². The molecule has 0 spiro atoms. The SMILES string of the molecule is C[C@H](NCc1cc(Nc2nc3ccccc3s2)nc(N[C@H]2CCN(C(=O)OC(C)(C)C)C2)c1)C(C)(C)C. The van der Waals surface area contributed by atoms with Crippen molar-refractivity contribution in [2.45, 2.75) is 79.1 Å². The van der Waals surface area contributed by atoms with E-state index < -0.39 is 5.60 Å². The van der Waals surface area contributed by atoms with Gasteiger partial charge in [-0.05, 0) is 69.4 Å². The minimum Gasteiger partial charge on any atom is -0.444 e. The summed E-state index contributed by atoms with van der Waals surface area (Å²) >= 11 is 1.61. The molecule has 3 heterocycles. The molecule has 0 unspecified atom stereocenters. The number of ether oxygens (including phenoxy) is 1. The molecule has 0 bridgehead atoms. The first-order valence-electron chi connectivity index (χ1n) is 13.0. The molecular weight excluding hydrogens is 484 g/mol. The number of hydrogen-bond donors (Lipinski definition) is 3. The zero-order valence-corrected chi connectivity index (χ0v) is 23.8. The molecule has 1 aliphatic heterocycles. The minimum absolute atomic E-state index is 0.104. The van der Waals surface area contributed by atoms with Crippen LogP contribution in [0.3, 0.4) is 0 Å². The lowest BCUT2D eigenvalue weighted by molar-refractivity contribution is 0.0293. The first-order valence-corrected chi connectivity index (χ1v) is 13.8.